The van der Waals surface area contributed by atoms with Crippen molar-refractivity contribution in [1.82, 2.24) is 40.0 Å². The van der Waals surface area contributed by atoms with Gasteiger partial charge < -0.3 is 75.8 Å². The fraction of sp³-hybridized carbons (Fsp3) is 0.680. The molecule has 0 radical (unpaired) electrons. The summed E-state index contributed by atoms with van der Waals surface area (Å²) in [6.07, 6.45) is 3.74. The summed E-state index contributed by atoms with van der Waals surface area (Å²) in [6.45, 7) is 12.1. The zero-order chi connectivity index (χ0) is 51.9. The third kappa shape index (κ3) is 23.3. The lowest BCUT2D eigenvalue weighted by molar-refractivity contribution is -0.0206. The Labute approximate surface area is 433 Å². The Morgan fingerprint density at radius 2 is 0.595 bits per heavy atom. The highest BCUT2D eigenvalue weighted by atomic mass is 16.6. The van der Waals surface area contributed by atoms with E-state index in [1.807, 2.05) is 48.8 Å². The molecule has 74 heavy (non-hydrogen) atoms. The van der Waals surface area contributed by atoms with Crippen LogP contribution in [0.5, 0.6) is 0 Å². The molecule has 0 aliphatic rings. The predicted octanol–water partition coefficient (Wildman–Crippen LogP) is 3.17. The Hall–Kier alpha value is -4.32. The molecule has 0 spiro atoms. The van der Waals surface area contributed by atoms with Gasteiger partial charge in [0.1, 0.15) is 23.5 Å². The first-order valence-corrected chi connectivity index (χ1v) is 25.1. The van der Waals surface area contributed by atoms with Crippen molar-refractivity contribution < 1.29 is 75.8 Å². The molecule has 0 aliphatic heterocycles. The van der Waals surface area contributed by atoms with Gasteiger partial charge in [-0.25, -0.2) is 19.3 Å². The molecule has 0 fully saturated rings. The second-order valence-corrected chi connectivity index (χ2v) is 16.2. The second-order valence-electron chi connectivity index (χ2n) is 16.2. The van der Waals surface area contributed by atoms with Crippen LogP contribution in [0.15, 0.2) is 48.8 Å². The highest BCUT2D eigenvalue weighted by Gasteiger charge is 2.22. The number of fused-ring (bicyclic) bond motifs is 2. The van der Waals surface area contributed by atoms with E-state index in [1.54, 1.807) is 37.8 Å². The number of aromatic nitrogens is 8. The molecule has 0 bridgehead atoms. The Morgan fingerprint density at radius 1 is 0.338 bits per heavy atom. The van der Waals surface area contributed by atoms with E-state index in [0.717, 1.165) is 22.2 Å². The molecule has 24 heteroatoms. The molecule has 0 atom stereocenters. The molecule has 24 nitrogen and oxygen atoms in total. The maximum absolute atomic E-state index is 6.07. The number of methoxy groups -OCH3 is 4. The molecule has 0 N–H and O–H groups in total. The van der Waals surface area contributed by atoms with Crippen LogP contribution in [0.3, 0.4) is 0 Å². The highest BCUT2D eigenvalue weighted by Crippen LogP contribution is 2.34. The van der Waals surface area contributed by atoms with E-state index < -0.39 is 0 Å². The van der Waals surface area contributed by atoms with E-state index in [1.165, 1.54) is 0 Å². The van der Waals surface area contributed by atoms with Gasteiger partial charge >= 0.3 is 0 Å². The van der Waals surface area contributed by atoms with Gasteiger partial charge in [-0.1, -0.05) is 22.6 Å². The third-order valence-corrected chi connectivity index (χ3v) is 10.8. The topological polar surface area (TPSA) is 235 Å². The van der Waals surface area contributed by atoms with Crippen LogP contribution in [0.25, 0.3) is 44.6 Å². The summed E-state index contributed by atoms with van der Waals surface area (Å²) in [7, 11) is 6.55. The quantitative estimate of drug-likeness (QED) is 0.0402. The molecule has 2 aromatic carbocycles. The van der Waals surface area contributed by atoms with Crippen molar-refractivity contribution in [3.05, 3.63) is 48.8 Å². The molecule has 0 saturated heterocycles. The van der Waals surface area contributed by atoms with Crippen LogP contribution >= 0.6 is 0 Å². The molecule has 0 aliphatic carbocycles. The zero-order valence-electron chi connectivity index (χ0n) is 43.7. The predicted molar refractivity (Wildman–Crippen MR) is 270 cm³/mol. The fourth-order valence-corrected chi connectivity index (χ4v) is 6.88. The molecular formula is C50H78N8O16. The van der Waals surface area contributed by atoms with Gasteiger partial charge in [-0.15, -0.1) is 10.2 Å². The highest BCUT2D eigenvalue weighted by molar-refractivity contribution is 6.02. The van der Waals surface area contributed by atoms with Crippen LogP contribution in [0.4, 0.5) is 0 Å². The average Bonchev–Trinajstić information content (AvgIpc) is 4.12. The van der Waals surface area contributed by atoms with Gasteiger partial charge in [-0.2, -0.15) is 0 Å². The van der Waals surface area contributed by atoms with Crippen LogP contribution in [0.2, 0.25) is 0 Å². The summed E-state index contributed by atoms with van der Waals surface area (Å²) in [5.41, 5.74) is 5.33. The molecule has 0 saturated carbocycles. The smallest absolute Gasteiger partial charge is 0.115 e. The van der Waals surface area contributed by atoms with Gasteiger partial charge in [0.2, 0.25) is 0 Å². The van der Waals surface area contributed by atoms with Crippen molar-refractivity contribution in [2.24, 2.45) is 0 Å². The van der Waals surface area contributed by atoms with Crippen molar-refractivity contribution in [3.63, 3.8) is 0 Å². The van der Waals surface area contributed by atoms with Gasteiger partial charge in [-0.3, -0.25) is 0 Å². The maximum Gasteiger partial charge on any atom is 0.115 e. The van der Waals surface area contributed by atoms with Crippen molar-refractivity contribution in [3.8, 4) is 22.5 Å². The lowest BCUT2D eigenvalue weighted by Gasteiger charge is -2.18. The van der Waals surface area contributed by atoms with E-state index in [0.29, 0.717) is 207 Å². The molecule has 0 unspecified atom stereocenters. The normalized spacial score (nSPS) is 12.0. The minimum atomic E-state index is -0.323. The van der Waals surface area contributed by atoms with E-state index in [4.69, 9.17) is 85.8 Å². The standard InChI is InChI=1S/C50H78N8O16/c1-59-11-15-63-19-23-67-27-31-71-37-41(38-72-32-28-68-24-20-64-16-12-60-2)57-35-47(53-55-57)43-9-10-44(50-49(43)51-45-7-5-6-8-46(45)52-50)48-36-58(56-54-48)42(39-73-33-29-69-25-21-65-17-13-61-3)40-74-34-30-70-26-22-66-18-14-62-4/h5-10,35-36,41-42H,11-34,37-40H2,1-4H3. The first-order valence-electron chi connectivity index (χ1n) is 25.1. The molecule has 414 valence electrons. The van der Waals surface area contributed by atoms with Crippen molar-refractivity contribution in [2.75, 3.05) is 213 Å². The number of hydrogen-bond acceptors (Lipinski definition) is 22. The van der Waals surface area contributed by atoms with E-state index in [-0.39, 0.29) is 12.1 Å². The number of para-hydroxylation sites is 2. The van der Waals surface area contributed by atoms with Gasteiger partial charge in [0.05, 0.1) is 219 Å². The van der Waals surface area contributed by atoms with E-state index in [2.05, 4.69) is 20.6 Å². The molecular weight excluding hydrogens is 969 g/mol. The zero-order valence-corrected chi connectivity index (χ0v) is 43.7. The van der Waals surface area contributed by atoms with Gasteiger partial charge in [0.15, 0.2) is 0 Å². The number of hydrogen-bond donors (Lipinski definition) is 0. The van der Waals surface area contributed by atoms with Crippen LogP contribution in [0.1, 0.15) is 12.1 Å². The fourth-order valence-electron chi connectivity index (χ4n) is 6.88. The Morgan fingerprint density at radius 3 is 0.865 bits per heavy atom. The Balaban J connectivity index is 1.28. The Kier molecular flexibility index (Phi) is 32.0. The van der Waals surface area contributed by atoms with Crippen LogP contribution < -0.4 is 0 Å². The summed E-state index contributed by atoms with van der Waals surface area (Å²) < 4.78 is 92.6. The molecule has 0 amide bonds. The molecule has 3 heterocycles. The van der Waals surface area contributed by atoms with Crippen LogP contribution in [0, 0.1) is 0 Å². The number of ether oxygens (including phenoxy) is 16. The van der Waals surface area contributed by atoms with Crippen molar-refractivity contribution in [2.45, 2.75) is 12.1 Å². The maximum atomic E-state index is 6.07. The summed E-state index contributed by atoms with van der Waals surface area (Å²) in [5, 5.41) is 18.4. The monoisotopic (exact) mass is 1050 g/mol. The van der Waals surface area contributed by atoms with E-state index in [9.17, 15) is 0 Å². The SMILES string of the molecule is COCCOCCOCCOCC(COCCOCCOCCOC)n1cc(-c2ccc(-c3cn(C(COCCOCCOCCOC)COCCOCCOCCOC)nn3)c3nc4ccccc4nc23)nn1. The minimum absolute atomic E-state index is 0.291. The van der Waals surface area contributed by atoms with Crippen molar-refractivity contribution in [1.29, 1.82) is 0 Å². The number of rotatable bonds is 48. The summed E-state index contributed by atoms with van der Waals surface area (Å²) >= 11 is 0. The second kappa shape index (κ2) is 39.1. The van der Waals surface area contributed by atoms with Gasteiger partial charge in [0.25, 0.3) is 0 Å². The number of benzene rings is 2. The van der Waals surface area contributed by atoms with Crippen molar-refractivity contribution >= 4 is 22.1 Å². The molecule has 5 aromatic rings. The number of nitrogens with zero attached hydrogens (tertiary/aromatic N) is 8. The summed E-state index contributed by atoms with van der Waals surface area (Å²) in [6, 6.07) is 11.0. The largest absolute Gasteiger partial charge is 0.382 e. The van der Waals surface area contributed by atoms with E-state index >= 15 is 0 Å². The molecule has 3 aromatic heterocycles. The average molecular weight is 1050 g/mol. The first kappa shape index (κ1) is 60.5. The van der Waals surface area contributed by atoms with Crippen LogP contribution in [-0.2, 0) is 75.8 Å². The lowest BCUT2D eigenvalue weighted by atomic mass is 10.0. The van der Waals surface area contributed by atoms with Crippen LogP contribution in [-0.4, -0.2) is 253 Å². The van der Waals surface area contributed by atoms with Gasteiger partial charge in [-0.05, 0) is 24.3 Å². The minimum Gasteiger partial charge on any atom is -0.382 e. The third-order valence-electron chi connectivity index (χ3n) is 10.8. The summed E-state index contributed by atoms with van der Waals surface area (Å²) in [5.74, 6) is 0. The summed E-state index contributed by atoms with van der Waals surface area (Å²) in [4.78, 5) is 10.3. The van der Waals surface area contributed by atoms with Gasteiger partial charge in [0, 0.05) is 39.6 Å². The lowest BCUT2D eigenvalue weighted by Crippen LogP contribution is -2.24. The molecule has 5 rings (SSSR count). The Bertz CT molecular complexity index is 1980. The first-order chi connectivity index (χ1) is 36.7.